The number of guanidine groups is 1. The average Bonchev–Trinajstić information content (AvgIpc) is 2.59. The topological polar surface area (TPSA) is 94.4 Å². The van der Waals surface area contributed by atoms with E-state index in [0.29, 0.717) is 24.1 Å². The monoisotopic (exact) mass is 300 g/mol. The number of aromatic nitrogens is 1. The fraction of sp³-hybridized carbons (Fsp3) is 0.462. The number of aryl methyl sites for hydroxylation is 2. The van der Waals surface area contributed by atoms with Gasteiger partial charge in [-0.05, 0) is 37.3 Å². The lowest BCUT2D eigenvalue weighted by molar-refractivity contribution is -0.141. The molecule has 0 saturated heterocycles. The third-order valence-corrected chi connectivity index (χ3v) is 3.28. The van der Waals surface area contributed by atoms with Gasteiger partial charge < -0.3 is 11.5 Å². The SMILES string of the molecule is NC(N)=NC(=O)c1cc2c(nc1C(F)(F)F)CCCCC2. The lowest BCUT2D eigenvalue weighted by Gasteiger charge is -2.14. The number of carbonyl (C=O) groups is 1. The highest BCUT2D eigenvalue weighted by atomic mass is 19.4. The maximum Gasteiger partial charge on any atom is 0.434 e. The Morgan fingerprint density at radius 1 is 1.19 bits per heavy atom. The van der Waals surface area contributed by atoms with Crippen LogP contribution in [0.3, 0.4) is 0 Å². The number of carbonyl (C=O) groups excluding carboxylic acids is 1. The predicted molar refractivity (Wildman–Crippen MR) is 70.6 cm³/mol. The van der Waals surface area contributed by atoms with Gasteiger partial charge in [0.2, 0.25) is 0 Å². The van der Waals surface area contributed by atoms with Crippen molar-refractivity contribution in [3.63, 3.8) is 0 Å². The third kappa shape index (κ3) is 3.50. The van der Waals surface area contributed by atoms with Crippen LogP contribution in [-0.4, -0.2) is 16.9 Å². The van der Waals surface area contributed by atoms with Crippen molar-refractivity contribution in [2.75, 3.05) is 0 Å². The second-order valence-electron chi connectivity index (χ2n) is 4.89. The lowest BCUT2D eigenvalue weighted by Crippen LogP contribution is -2.25. The number of hydrogen-bond acceptors (Lipinski definition) is 2. The molecule has 0 fully saturated rings. The van der Waals surface area contributed by atoms with Crippen molar-refractivity contribution in [2.24, 2.45) is 16.5 Å². The van der Waals surface area contributed by atoms with Crippen LogP contribution in [0.5, 0.6) is 0 Å². The number of nitrogens with two attached hydrogens (primary N) is 2. The first kappa shape index (κ1) is 15.3. The molecule has 1 aliphatic carbocycles. The maximum atomic E-state index is 13.1. The van der Waals surface area contributed by atoms with Crippen molar-refractivity contribution in [2.45, 2.75) is 38.3 Å². The molecule has 114 valence electrons. The second kappa shape index (κ2) is 5.71. The summed E-state index contributed by atoms with van der Waals surface area (Å²) in [6, 6.07) is 1.23. The summed E-state index contributed by atoms with van der Waals surface area (Å²) in [4.78, 5) is 18.7. The number of fused-ring (bicyclic) bond motifs is 1. The van der Waals surface area contributed by atoms with Crippen LogP contribution in [0.2, 0.25) is 0 Å². The van der Waals surface area contributed by atoms with Gasteiger partial charge in [-0.2, -0.15) is 18.2 Å². The summed E-state index contributed by atoms with van der Waals surface area (Å²) in [5.41, 5.74) is 9.36. The van der Waals surface area contributed by atoms with E-state index >= 15 is 0 Å². The van der Waals surface area contributed by atoms with E-state index in [1.165, 1.54) is 6.07 Å². The van der Waals surface area contributed by atoms with Gasteiger partial charge in [0.1, 0.15) is 0 Å². The van der Waals surface area contributed by atoms with Crippen molar-refractivity contribution < 1.29 is 18.0 Å². The first-order chi connectivity index (χ1) is 9.79. The number of amides is 1. The van der Waals surface area contributed by atoms with E-state index in [2.05, 4.69) is 9.98 Å². The van der Waals surface area contributed by atoms with E-state index in [9.17, 15) is 18.0 Å². The molecule has 0 aliphatic heterocycles. The summed E-state index contributed by atoms with van der Waals surface area (Å²) >= 11 is 0. The zero-order chi connectivity index (χ0) is 15.6. The Labute approximate surface area is 119 Å². The summed E-state index contributed by atoms with van der Waals surface area (Å²) in [5, 5.41) is 0. The summed E-state index contributed by atoms with van der Waals surface area (Å²) in [6.45, 7) is 0. The minimum absolute atomic E-state index is 0.404. The van der Waals surface area contributed by atoms with Gasteiger partial charge in [-0.15, -0.1) is 0 Å². The molecule has 4 N–H and O–H groups in total. The molecular formula is C13H15F3N4O. The number of nitrogens with zero attached hydrogens (tertiary/aromatic N) is 2. The quantitative estimate of drug-likeness (QED) is 0.469. The Hall–Kier alpha value is -2.12. The predicted octanol–water partition coefficient (Wildman–Crippen LogP) is 1.78. The molecule has 0 saturated carbocycles. The Morgan fingerprint density at radius 2 is 1.86 bits per heavy atom. The van der Waals surface area contributed by atoms with E-state index in [1.54, 1.807) is 0 Å². The molecule has 0 unspecified atom stereocenters. The molecule has 0 radical (unpaired) electrons. The van der Waals surface area contributed by atoms with Gasteiger partial charge in [0, 0.05) is 5.69 Å². The van der Waals surface area contributed by atoms with Crippen molar-refractivity contribution in [1.82, 2.24) is 4.98 Å². The Morgan fingerprint density at radius 3 is 2.48 bits per heavy atom. The van der Waals surface area contributed by atoms with Crippen molar-refractivity contribution in [3.8, 4) is 0 Å². The molecule has 8 heteroatoms. The van der Waals surface area contributed by atoms with E-state index in [-0.39, 0.29) is 0 Å². The molecule has 1 aromatic heterocycles. The fourth-order valence-corrected chi connectivity index (χ4v) is 2.37. The smallest absolute Gasteiger partial charge is 0.370 e. The fourth-order valence-electron chi connectivity index (χ4n) is 2.37. The molecule has 1 aromatic rings. The largest absolute Gasteiger partial charge is 0.434 e. The van der Waals surface area contributed by atoms with Crippen molar-refractivity contribution >= 4 is 11.9 Å². The standard InChI is InChI=1S/C13H15F3N4O/c14-13(15,16)10-8(11(21)20-12(17)18)6-7-4-2-1-3-5-9(7)19-10/h6H,1-5H2,(H4,17,18,20,21). The first-order valence-corrected chi connectivity index (χ1v) is 6.53. The molecule has 0 spiro atoms. The highest BCUT2D eigenvalue weighted by Gasteiger charge is 2.38. The van der Waals surface area contributed by atoms with Gasteiger partial charge in [-0.3, -0.25) is 4.79 Å². The Kier molecular flexibility index (Phi) is 4.15. The van der Waals surface area contributed by atoms with Crippen LogP contribution in [0, 0.1) is 0 Å². The van der Waals surface area contributed by atoms with Gasteiger partial charge in [0.15, 0.2) is 11.7 Å². The highest BCUT2D eigenvalue weighted by molar-refractivity contribution is 6.02. The number of rotatable bonds is 1. The zero-order valence-corrected chi connectivity index (χ0v) is 11.2. The van der Waals surface area contributed by atoms with Crippen LogP contribution < -0.4 is 11.5 Å². The van der Waals surface area contributed by atoms with E-state index in [4.69, 9.17) is 11.5 Å². The number of hydrogen-bond donors (Lipinski definition) is 2. The van der Waals surface area contributed by atoms with Gasteiger partial charge >= 0.3 is 6.18 Å². The molecule has 1 aliphatic rings. The van der Waals surface area contributed by atoms with Crippen LogP contribution in [0.25, 0.3) is 0 Å². The molecule has 1 heterocycles. The van der Waals surface area contributed by atoms with Crippen molar-refractivity contribution in [3.05, 3.63) is 28.6 Å². The van der Waals surface area contributed by atoms with Crippen LogP contribution in [0.4, 0.5) is 13.2 Å². The Balaban J connectivity index is 2.58. The highest BCUT2D eigenvalue weighted by Crippen LogP contribution is 2.33. The normalized spacial score (nSPS) is 15.0. The molecule has 2 rings (SSSR count). The van der Waals surface area contributed by atoms with Gasteiger partial charge in [-0.25, -0.2) is 4.98 Å². The van der Waals surface area contributed by atoms with Crippen LogP contribution in [0.15, 0.2) is 11.1 Å². The van der Waals surface area contributed by atoms with E-state index in [1.807, 2.05) is 0 Å². The van der Waals surface area contributed by atoms with Gasteiger partial charge in [0.25, 0.3) is 5.91 Å². The van der Waals surface area contributed by atoms with Crippen LogP contribution in [-0.2, 0) is 19.0 Å². The van der Waals surface area contributed by atoms with Crippen LogP contribution >= 0.6 is 0 Å². The first-order valence-electron chi connectivity index (χ1n) is 6.53. The van der Waals surface area contributed by atoms with Crippen molar-refractivity contribution in [1.29, 1.82) is 0 Å². The molecule has 0 aromatic carbocycles. The molecular weight excluding hydrogens is 285 g/mol. The Bertz CT molecular complexity index is 592. The second-order valence-corrected chi connectivity index (χ2v) is 4.89. The average molecular weight is 300 g/mol. The summed E-state index contributed by atoms with van der Waals surface area (Å²) in [5.74, 6) is -1.70. The van der Waals surface area contributed by atoms with Gasteiger partial charge in [0.05, 0.1) is 5.56 Å². The van der Waals surface area contributed by atoms with E-state index in [0.717, 1.165) is 19.3 Å². The molecule has 5 nitrogen and oxygen atoms in total. The molecule has 1 amide bonds. The number of halogens is 3. The zero-order valence-electron chi connectivity index (χ0n) is 11.2. The lowest BCUT2D eigenvalue weighted by atomic mass is 10.0. The summed E-state index contributed by atoms with van der Waals surface area (Å²) in [7, 11) is 0. The maximum absolute atomic E-state index is 13.1. The summed E-state index contributed by atoms with van der Waals surface area (Å²) < 4.78 is 39.3. The van der Waals surface area contributed by atoms with Gasteiger partial charge in [-0.1, -0.05) is 6.42 Å². The third-order valence-electron chi connectivity index (χ3n) is 3.28. The van der Waals surface area contributed by atoms with E-state index < -0.39 is 29.3 Å². The number of pyridine rings is 1. The molecule has 0 atom stereocenters. The van der Waals surface area contributed by atoms with Crippen LogP contribution in [0.1, 0.15) is 46.6 Å². The minimum atomic E-state index is -4.73. The summed E-state index contributed by atoms with van der Waals surface area (Å²) in [6.07, 6.45) is -1.08. The minimum Gasteiger partial charge on any atom is -0.370 e. The molecule has 0 bridgehead atoms. The molecule has 21 heavy (non-hydrogen) atoms. The number of alkyl halides is 3. The number of aliphatic imine (C=N–C) groups is 1.